The zero-order valence-corrected chi connectivity index (χ0v) is 18.3. The van der Waals surface area contributed by atoms with Gasteiger partial charge in [0.05, 0.1) is 5.69 Å². The van der Waals surface area contributed by atoms with Crippen LogP contribution in [0.1, 0.15) is 35.7 Å². The van der Waals surface area contributed by atoms with E-state index in [0.29, 0.717) is 0 Å². The molecule has 0 aliphatic rings. The van der Waals surface area contributed by atoms with E-state index < -0.39 is 0 Å². The number of aryl methyl sites for hydroxylation is 2. The van der Waals surface area contributed by atoms with Gasteiger partial charge in [-0.3, -0.25) is 0 Å². The Hall–Kier alpha value is -2.51. The van der Waals surface area contributed by atoms with Crippen LogP contribution in [0.5, 0.6) is 5.75 Å². The Morgan fingerprint density at radius 2 is 1.93 bits per heavy atom. The first-order valence-corrected chi connectivity index (χ1v) is 10.7. The molecular formula is C21H22ClN5OS. The van der Waals surface area contributed by atoms with E-state index in [1.165, 1.54) is 0 Å². The first-order valence-electron chi connectivity index (χ1n) is 9.30. The molecule has 1 unspecified atom stereocenters. The van der Waals surface area contributed by atoms with Crippen molar-refractivity contribution >= 4 is 29.0 Å². The Bertz CT molecular complexity index is 1110. The molecular weight excluding hydrogens is 406 g/mol. The van der Waals surface area contributed by atoms with E-state index in [-0.39, 0.29) is 6.10 Å². The van der Waals surface area contributed by atoms with Crippen LogP contribution in [0.3, 0.4) is 0 Å². The summed E-state index contributed by atoms with van der Waals surface area (Å²) >= 11 is 7.86. The highest BCUT2D eigenvalue weighted by molar-refractivity contribution is 7.98. The van der Waals surface area contributed by atoms with Gasteiger partial charge in [0.1, 0.15) is 11.4 Å². The van der Waals surface area contributed by atoms with Crippen LogP contribution >= 0.6 is 23.4 Å². The highest BCUT2D eigenvalue weighted by Gasteiger charge is 2.18. The molecule has 0 aliphatic heterocycles. The van der Waals surface area contributed by atoms with Gasteiger partial charge in [0.15, 0.2) is 17.1 Å². The van der Waals surface area contributed by atoms with Crippen molar-refractivity contribution in [2.24, 2.45) is 7.05 Å². The van der Waals surface area contributed by atoms with Crippen LogP contribution in [-0.4, -0.2) is 24.1 Å². The van der Waals surface area contributed by atoms with Gasteiger partial charge in [-0.25, -0.2) is 4.98 Å². The van der Waals surface area contributed by atoms with E-state index in [4.69, 9.17) is 16.3 Å². The maximum atomic E-state index is 6.25. The van der Waals surface area contributed by atoms with Crippen molar-refractivity contribution < 1.29 is 4.74 Å². The average Bonchev–Trinajstić information content (AvgIpc) is 3.27. The van der Waals surface area contributed by atoms with Gasteiger partial charge in [-0.2, -0.15) is 0 Å². The van der Waals surface area contributed by atoms with E-state index in [0.717, 1.165) is 50.0 Å². The zero-order valence-electron chi connectivity index (χ0n) is 16.8. The van der Waals surface area contributed by atoms with Gasteiger partial charge in [-0.05, 0) is 56.2 Å². The summed E-state index contributed by atoms with van der Waals surface area (Å²) in [5.74, 6) is 2.27. The van der Waals surface area contributed by atoms with Crippen molar-refractivity contribution in [3.05, 3.63) is 70.4 Å². The smallest absolute Gasteiger partial charge is 0.191 e. The van der Waals surface area contributed by atoms with E-state index in [1.807, 2.05) is 79.5 Å². The summed E-state index contributed by atoms with van der Waals surface area (Å²) in [6.45, 7) is 5.92. The third-order valence-corrected chi connectivity index (χ3v) is 6.37. The second-order valence-corrected chi connectivity index (χ2v) is 8.34. The Labute approximate surface area is 178 Å². The fourth-order valence-electron chi connectivity index (χ4n) is 3.23. The van der Waals surface area contributed by atoms with Crippen LogP contribution in [0.25, 0.3) is 5.65 Å². The van der Waals surface area contributed by atoms with Gasteiger partial charge < -0.3 is 13.7 Å². The van der Waals surface area contributed by atoms with Crippen molar-refractivity contribution in [3.8, 4) is 5.75 Å². The van der Waals surface area contributed by atoms with Crippen molar-refractivity contribution in [1.82, 2.24) is 24.1 Å². The molecule has 0 fully saturated rings. The van der Waals surface area contributed by atoms with Gasteiger partial charge in [0.25, 0.3) is 0 Å². The fourth-order valence-corrected chi connectivity index (χ4v) is 4.14. The minimum Gasteiger partial charge on any atom is -0.483 e. The van der Waals surface area contributed by atoms with Crippen molar-refractivity contribution in [2.75, 3.05) is 0 Å². The van der Waals surface area contributed by atoms with Gasteiger partial charge in [0, 0.05) is 30.2 Å². The normalized spacial score (nSPS) is 12.4. The number of aromatic nitrogens is 5. The predicted octanol–water partition coefficient (Wildman–Crippen LogP) is 5.17. The highest BCUT2D eigenvalue weighted by atomic mass is 35.5. The van der Waals surface area contributed by atoms with E-state index in [1.54, 1.807) is 11.8 Å². The molecule has 0 bridgehead atoms. The molecule has 1 aromatic carbocycles. The molecule has 0 spiro atoms. The molecule has 3 heterocycles. The predicted molar refractivity (Wildman–Crippen MR) is 116 cm³/mol. The Morgan fingerprint density at radius 3 is 2.66 bits per heavy atom. The number of pyridine rings is 1. The van der Waals surface area contributed by atoms with E-state index in [9.17, 15) is 0 Å². The molecule has 4 rings (SSSR count). The van der Waals surface area contributed by atoms with Gasteiger partial charge in [0.2, 0.25) is 0 Å². The molecule has 0 saturated heterocycles. The van der Waals surface area contributed by atoms with E-state index in [2.05, 4.69) is 15.2 Å². The summed E-state index contributed by atoms with van der Waals surface area (Å²) in [6, 6.07) is 9.86. The first kappa shape index (κ1) is 19.8. The number of hydrogen-bond donors (Lipinski definition) is 0. The standard InChI is InChI=1S/C21H22ClN5OS/c1-13-9-17(10-14(2)19(13)22)28-15(3)20-24-25-21(26(20)4)29-12-16-11-27-8-6-5-7-18(27)23-16/h5-11,15H,12H2,1-4H3. The molecule has 0 saturated carbocycles. The van der Waals surface area contributed by atoms with E-state index >= 15 is 0 Å². The second-order valence-electron chi connectivity index (χ2n) is 7.02. The Kier molecular flexibility index (Phi) is 5.52. The summed E-state index contributed by atoms with van der Waals surface area (Å²) in [4.78, 5) is 4.63. The molecule has 3 aromatic heterocycles. The van der Waals surface area contributed by atoms with Crippen molar-refractivity contribution in [1.29, 1.82) is 0 Å². The van der Waals surface area contributed by atoms with Crippen LogP contribution in [0.15, 0.2) is 47.9 Å². The highest BCUT2D eigenvalue weighted by Crippen LogP contribution is 2.29. The number of thioether (sulfide) groups is 1. The van der Waals surface area contributed by atoms with Crippen LogP contribution in [-0.2, 0) is 12.8 Å². The summed E-state index contributed by atoms with van der Waals surface area (Å²) in [5, 5.41) is 10.3. The summed E-state index contributed by atoms with van der Waals surface area (Å²) in [6.07, 6.45) is 3.80. The number of fused-ring (bicyclic) bond motifs is 1. The summed E-state index contributed by atoms with van der Waals surface area (Å²) in [5.41, 5.74) is 3.94. The molecule has 8 heteroatoms. The number of ether oxygens (including phenoxy) is 1. The molecule has 4 aromatic rings. The van der Waals surface area contributed by atoms with Crippen LogP contribution in [0, 0.1) is 13.8 Å². The number of rotatable bonds is 6. The largest absolute Gasteiger partial charge is 0.483 e. The lowest BCUT2D eigenvalue weighted by molar-refractivity contribution is 0.211. The van der Waals surface area contributed by atoms with Crippen LogP contribution in [0.2, 0.25) is 5.02 Å². The molecule has 0 radical (unpaired) electrons. The average molecular weight is 428 g/mol. The van der Waals surface area contributed by atoms with Gasteiger partial charge >= 0.3 is 0 Å². The molecule has 0 N–H and O–H groups in total. The summed E-state index contributed by atoms with van der Waals surface area (Å²) < 4.78 is 10.1. The van der Waals surface area contributed by atoms with Crippen LogP contribution in [0.4, 0.5) is 0 Å². The number of hydrogen-bond acceptors (Lipinski definition) is 5. The van der Waals surface area contributed by atoms with Crippen molar-refractivity contribution in [3.63, 3.8) is 0 Å². The topological polar surface area (TPSA) is 57.2 Å². The third-order valence-electron chi connectivity index (χ3n) is 4.72. The fraction of sp³-hybridized carbons (Fsp3) is 0.286. The lowest BCUT2D eigenvalue weighted by Gasteiger charge is -2.16. The second kappa shape index (κ2) is 8.08. The minimum atomic E-state index is -0.239. The monoisotopic (exact) mass is 427 g/mol. The lowest BCUT2D eigenvalue weighted by atomic mass is 10.1. The number of benzene rings is 1. The molecule has 150 valence electrons. The van der Waals surface area contributed by atoms with Crippen molar-refractivity contribution in [2.45, 2.75) is 37.8 Å². The number of halogens is 1. The molecule has 0 amide bonds. The molecule has 1 atom stereocenters. The Balaban J connectivity index is 1.46. The molecule has 0 aliphatic carbocycles. The lowest BCUT2D eigenvalue weighted by Crippen LogP contribution is -2.10. The number of imidazole rings is 1. The van der Waals surface area contributed by atoms with Gasteiger partial charge in [-0.15, -0.1) is 10.2 Å². The zero-order chi connectivity index (χ0) is 20.5. The quantitative estimate of drug-likeness (QED) is 0.397. The third kappa shape index (κ3) is 4.11. The first-order chi connectivity index (χ1) is 13.9. The molecule has 29 heavy (non-hydrogen) atoms. The maximum absolute atomic E-state index is 6.25. The maximum Gasteiger partial charge on any atom is 0.191 e. The Morgan fingerprint density at radius 1 is 1.17 bits per heavy atom. The van der Waals surface area contributed by atoms with Crippen LogP contribution < -0.4 is 4.74 Å². The summed E-state index contributed by atoms with van der Waals surface area (Å²) in [7, 11) is 1.96. The van der Waals surface area contributed by atoms with Gasteiger partial charge in [-0.1, -0.05) is 29.4 Å². The molecule has 6 nitrogen and oxygen atoms in total. The minimum absolute atomic E-state index is 0.239. The number of nitrogens with zero attached hydrogens (tertiary/aromatic N) is 5. The SMILES string of the molecule is Cc1cc(OC(C)c2nnc(SCc3cn4ccccc4n3)n2C)cc(C)c1Cl.